The Morgan fingerprint density at radius 2 is 1.12 bits per heavy atom. The van der Waals surface area contributed by atoms with Crippen LogP contribution in [-0.2, 0) is 0 Å². The number of rotatable bonds is 2. The van der Waals surface area contributed by atoms with Gasteiger partial charge in [-0.2, -0.15) is 0 Å². The highest BCUT2D eigenvalue weighted by Gasteiger charge is 2.32. The molecule has 0 radical (unpaired) electrons. The van der Waals surface area contributed by atoms with Crippen molar-refractivity contribution in [2.75, 3.05) is 0 Å². The molecule has 2 heteroatoms. The minimum atomic E-state index is -2.54. The van der Waals surface area contributed by atoms with Crippen molar-refractivity contribution < 1.29 is 4.80 Å². The van der Waals surface area contributed by atoms with Crippen LogP contribution in [0.15, 0.2) is 48.5 Å². The number of benzene rings is 2. The van der Waals surface area contributed by atoms with E-state index in [1.807, 2.05) is 42.9 Å². The predicted molar refractivity (Wildman–Crippen MR) is 75.5 cm³/mol. The second-order valence-electron chi connectivity index (χ2n) is 4.70. The average Bonchev–Trinajstić information content (AvgIpc) is 2.29. The first kappa shape index (κ1) is 12.1. The van der Waals surface area contributed by atoms with Gasteiger partial charge in [-0.1, -0.05) is 48.5 Å². The van der Waals surface area contributed by atoms with Crippen LogP contribution in [0, 0.1) is 13.8 Å². The first-order valence-electron chi connectivity index (χ1n) is 5.88. The van der Waals surface area contributed by atoms with E-state index in [1.165, 1.54) is 11.1 Å². The van der Waals surface area contributed by atoms with E-state index in [-0.39, 0.29) is 0 Å². The minimum Gasteiger partial charge on any atom is -0.424 e. The van der Waals surface area contributed by atoms with Gasteiger partial charge in [-0.3, -0.25) is 0 Å². The maximum Gasteiger partial charge on any atom is 0.249 e. The number of hydrogen-bond donors (Lipinski definition) is 1. The molecule has 17 heavy (non-hydrogen) atoms. The van der Waals surface area contributed by atoms with Gasteiger partial charge in [0, 0.05) is 0 Å². The van der Waals surface area contributed by atoms with Crippen molar-refractivity contribution >= 4 is 18.7 Å². The van der Waals surface area contributed by atoms with Crippen LogP contribution in [-0.4, -0.2) is 13.1 Å². The highest BCUT2D eigenvalue weighted by atomic mass is 28.4. The summed E-state index contributed by atoms with van der Waals surface area (Å²) in [6.45, 7) is 6.13. The topological polar surface area (TPSA) is 20.2 Å². The third-order valence-electron chi connectivity index (χ3n) is 3.34. The van der Waals surface area contributed by atoms with E-state index in [4.69, 9.17) is 0 Å². The molecule has 1 nitrogen and oxygen atoms in total. The van der Waals surface area contributed by atoms with Crippen LogP contribution in [0.2, 0.25) is 6.55 Å². The standard InChI is InChI=1S/C15H18OSi/c1-12-8-4-6-10-14(12)17(3,16)15-11-7-5-9-13(15)2/h4-11,16H,1-3H3. The fourth-order valence-electron chi connectivity index (χ4n) is 2.38. The Morgan fingerprint density at radius 1 is 0.765 bits per heavy atom. The maximum atomic E-state index is 11.0. The Kier molecular flexibility index (Phi) is 3.18. The first-order chi connectivity index (χ1) is 8.03. The van der Waals surface area contributed by atoms with Crippen molar-refractivity contribution in [1.82, 2.24) is 0 Å². The second kappa shape index (κ2) is 4.47. The molecule has 0 fully saturated rings. The van der Waals surface area contributed by atoms with Gasteiger partial charge >= 0.3 is 0 Å². The van der Waals surface area contributed by atoms with Crippen molar-refractivity contribution in [3.8, 4) is 0 Å². The van der Waals surface area contributed by atoms with Gasteiger partial charge in [-0.05, 0) is 41.9 Å². The Bertz CT molecular complexity index is 484. The average molecular weight is 242 g/mol. The molecule has 0 aliphatic heterocycles. The lowest BCUT2D eigenvalue weighted by molar-refractivity contribution is 0.575. The Balaban J connectivity index is 2.58. The van der Waals surface area contributed by atoms with Crippen LogP contribution in [0.3, 0.4) is 0 Å². The highest BCUT2D eigenvalue weighted by molar-refractivity contribution is 6.96. The van der Waals surface area contributed by atoms with Crippen LogP contribution < -0.4 is 10.4 Å². The van der Waals surface area contributed by atoms with Gasteiger partial charge < -0.3 is 4.80 Å². The summed E-state index contributed by atoms with van der Waals surface area (Å²) < 4.78 is 0. The van der Waals surface area contributed by atoms with Crippen molar-refractivity contribution in [3.63, 3.8) is 0 Å². The molecule has 0 spiro atoms. The van der Waals surface area contributed by atoms with Crippen molar-refractivity contribution in [1.29, 1.82) is 0 Å². The molecule has 0 bridgehead atoms. The third kappa shape index (κ3) is 2.19. The van der Waals surface area contributed by atoms with Gasteiger partial charge in [0.05, 0.1) is 0 Å². The maximum absolute atomic E-state index is 11.0. The van der Waals surface area contributed by atoms with Gasteiger partial charge in [0.2, 0.25) is 8.32 Å². The predicted octanol–water partition coefficient (Wildman–Crippen LogP) is 1.99. The third-order valence-corrected chi connectivity index (χ3v) is 6.56. The van der Waals surface area contributed by atoms with Gasteiger partial charge in [0.1, 0.15) is 0 Å². The van der Waals surface area contributed by atoms with Gasteiger partial charge in [0.15, 0.2) is 0 Å². The lowest BCUT2D eigenvalue weighted by Gasteiger charge is -2.24. The van der Waals surface area contributed by atoms with E-state index >= 15 is 0 Å². The van der Waals surface area contributed by atoms with Crippen LogP contribution in [0.5, 0.6) is 0 Å². The summed E-state index contributed by atoms with van der Waals surface area (Å²) in [5, 5.41) is 2.21. The molecule has 0 amide bonds. The lowest BCUT2D eigenvalue weighted by atomic mass is 10.2. The van der Waals surface area contributed by atoms with Crippen molar-refractivity contribution in [2.24, 2.45) is 0 Å². The van der Waals surface area contributed by atoms with E-state index in [0.29, 0.717) is 0 Å². The van der Waals surface area contributed by atoms with Gasteiger partial charge in [0.25, 0.3) is 0 Å². The minimum absolute atomic E-state index is 1.11. The molecule has 0 aliphatic rings. The quantitative estimate of drug-likeness (QED) is 0.799. The van der Waals surface area contributed by atoms with Crippen molar-refractivity contribution in [3.05, 3.63) is 59.7 Å². The van der Waals surface area contributed by atoms with Crippen LogP contribution >= 0.6 is 0 Å². The van der Waals surface area contributed by atoms with Crippen molar-refractivity contribution in [2.45, 2.75) is 20.4 Å². The van der Waals surface area contributed by atoms with Crippen LogP contribution in [0.4, 0.5) is 0 Å². The normalized spacial score (nSPS) is 11.5. The second-order valence-corrected chi connectivity index (χ2v) is 7.92. The summed E-state index contributed by atoms with van der Waals surface area (Å²) in [6, 6.07) is 16.3. The van der Waals surface area contributed by atoms with E-state index in [9.17, 15) is 4.80 Å². The Morgan fingerprint density at radius 3 is 1.47 bits per heavy atom. The summed E-state index contributed by atoms with van der Waals surface area (Å²) in [4.78, 5) is 11.0. The SMILES string of the molecule is Cc1ccccc1[Si](C)(O)c1ccccc1C. The summed E-state index contributed by atoms with van der Waals surface area (Å²) >= 11 is 0. The Hall–Kier alpha value is -1.38. The van der Waals surface area contributed by atoms with E-state index in [2.05, 4.69) is 26.0 Å². The fourth-order valence-corrected chi connectivity index (χ4v) is 5.22. The highest BCUT2D eigenvalue weighted by Crippen LogP contribution is 2.07. The van der Waals surface area contributed by atoms with E-state index < -0.39 is 8.32 Å². The molecule has 88 valence electrons. The monoisotopic (exact) mass is 242 g/mol. The van der Waals surface area contributed by atoms with E-state index in [0.717, 1.165) is 10.4 Å². The molecule has 2 rings (SSSR count). The summed E-state index contributed by atoms with van der Waals surface area (Å²) in [5.74, 6) is 0. The molecule has 0 saturated heterocycles. The fraction of sp³-hybridized carbons (Fsp3) is 0.200. The molecule has 0 aromatic heterocycles. The number of hydrogen-bond acceptors (Lipinski definition) is 1. The zero-order valence-corrected chi connectivity index (χ0v) is 11.6. The zero-order valence-electron chi connectivity index (χ0n) is 10.6. The van der Waals surface area contributed by atoms with Crippen LogP contribution in [0.1, 0.15) is 11.1 Å². The summed E-state index contributed by atoms with van der Waals surface area (Å²) in [6.07, 6.45) is 0. The molecule has 2 aromatic rings. The first-order valence-corrected chi connectivity index (χ1v) is 8.33. The van der Waals surface area contributed by atoms with Gasteiger partial charge in [-0.15, -0.1) is 0 Å². The smallest absolute Gasteiger partial charge is 0.249 e. The summed E-state index contributed by atoms with van der Waals surface area (Å²) in [5.41, 5.74) is 2.35. The molecule has 0 unspecified atom stereocenters. The molecular weight excluding hydrogens is 224 g/mol. The summed E-state index contributed by atoms with van der Waals surface area (Å²) in [7, 11) is -2.54. The number of aryl methyl sites for hydroxylation is 2. The molecule has 0 aliphatic carbocycles. The Labute approximate surface area is 104 Å². The lowest BCUT2D eigenvalue weighted by Crippen LogP contribution is -2.57. The molecular formula is C15H18OSi. The molecule has 0 saturated carbocycles. The van der Waals surface area contributed by atoms with E-state index in [1.54, 1.807) is 0 Å². The molecule has 0 atom stereocenters. The van der Waals surface area contributed by atoms with Gasteiger partial charge in [-0.25, -0.2) is 0 Å². The largest absolute Gasteiger partial charge is 0.424 e. The molecule has 0 heterocycles. The molecule has 2 aromatic carbocycles. The zero-order chi connectivity index (χ0) is 12.5. The van der Waals surface area contributed by atoms with Crippen LogP contribution in [0.25, 0.3) is 0 Å². The molecule has 1 N–H and O–H groups in total.